The normalized spacial score (nSPS) is 1.50. The van der Waals surface area contributed by atoms with E-state index >= 15 is 0 Å². The first-order valence-corrected chi connectivity index (χ1v) is 6.80. The molecule has 8 heavy (non-hydrogen) atoms. The van der Waals surface area contributed by atoms with Crippen LogP contribution in [-0.4, -0.2) is 0 Å². The molecule has 0 N–H and O–H groups in total. The van der Waals surface area contributed by atoms with Gasteiger partial charge >= 0.3 is 0 Å². The predicted octanol–water partition coefficient (Wildman–Crippen LogP) is 4.03. The average molecular weight is 372 g/mol. The Morgan fingerprint density at radius 2 is 0.500 bits per heavy atom. The van der Waals surface area contributed by atoms with Crippen molar-refractivity contribution in [2.24, 2.45) is 0 Å². The Morgan fingerprint density at radius 1 is 0.500 bits per heavy atom. The maximum Gasteiger partial charge on any atom is -0.0652 e. The molecule has 2 unspecified atom stereocenters. The van der Waals surface area contributed by atoms with Gasteiger partial charge in [-0.25, -0.2) is 0 Å². The zero-order valence-corrected chi connectivity index (χ0v) is 12.3. The largest absolute Gasteiger partial charge is 0.147 e. The number of rotatable bonds is 0. The van der Waals surface area contributed by atoms with Crippen molar-refractivity contribution in [3.63, 3.8) is 0 Å². The van der Waals surface area contributed by atoms with Gasteiger partial charge in [-0.2, -0.15) is 0 Å². The second kappa shape index (κ2) is 90.6. The fraction of sp³-hybridized carbons (Fsp3) is 0. The topological polar surface area (TPSA) is 0 Å². The van der Waals surface area contributed by atoms with E-state index in [9.17, 15) is 0 Å². The molecule has 0 bridgehead atoms. The third-order valence-electron chi connectivity index (χ3n) is 0. The first-order chi connectivity index (χ1) is 2.00. The lowest BCUT2D eigenvalue weighted by atomic mass is 31.0. The van der Waals surface area contributed by atoms with Gasteiger partial charge in [0.05, 0.1) is 0 Å². The molecule has 0 aromatic heterocycles. The van der Waals surface area contributed by atoms with Crippen LogP contribution in [0.15, 0.2) is 0 Å². The third kappa shape index (κ3) is 64.4. The number of hydrogen-bond donors (Lipinski definition) is 0. The van der Waals surface area contributed by atoms with E-state index in [4.69, 9.17) is 0 Å². The van der Waals surface area contributed by atoms with Crippen LogP contribution in [0.1, 0.15) is 0 Å². The van der Waals surface area contributed by atoms with Crippen molar-refractivity contribution >= 4 is 96.5 Å². The Kier molecular flexibility index (Phi) is 500. The van der Waals surface area contributed by atoms with Gasteiger partial charge in [-0.1, -0.05) is 46.9 Å². The van der Waals surface area contributed by atoms with Crippen LogP contribution in [0.25, 0.3) is 0 Å². The van der Waals surface area contributed by atoms with Crippen molar-refractivity contribution in [3.8, 4) is 0 Å². The summed E-state index contributed by atoms with van der Waals surface area (Å²) in [6.07, 6.45) is 0. The second-order valence-electron chi connectivity index (χ2n) is 0. The van der Waals surface area contributed by atoms with Gasteiger partial charge in [-0.15, -0.1) is 49.6 Å². The smallest absolute Gasteiger partial charge is 0.0652 e. The van der Waals surface area contributed by atoms with E-state index in [1.54, 1.807) is 0 Å². The van der Waals surface area contributed by atoms with Gasteiger partial charge in [0.15, 0.2) is 0 Å². The summed E-state index contributed by atoms with van der Waals surface area (Å²) in [6, 6.07) is 0. The van der Waals surface area contributed by atoms with E-state index in [0.717, 1.165) is 0 Å². The van der Waals surface area contributed by atoms with Crippen LogP contribution in [0.3, 0.4) is 0 Å². The van der Waals surface area contributed by atoms with Crippen LogP contribution in [-0.2, 0) is 0 Å². The third-order valence-corrected chi connectivity index (χ3v) is 0. The second-order valence-corrected chi connectivity index (χ2v) is 0. The van der Waals surface area contributed by atoms with Crippen molar-refractivity contribution in [2.75, 3.05) is 0 Å². The molecule has 0 aliphatic heterocycles. The van der Waals surface area contributed by atoms with Crippen molar-refractivity contribution in [1.82, 2.24) is 0 Å². The van der Waals surface area contributed by atoms with Gasteiger partial charge in [-0.3, -0.25) is 0 Å². The van der Waals surface area contributed by atoms with Crippen LogP contribution in [0.4, 0.5) is 0 Å². The molecule has 0 saturated carbocycles. The van der Waals surface area contributed by atoms with Gasteiger partial charge in [0.25, 0.3) is 0 Å². The van der Waals surface area contributed by atoms with E-state index < -0.39 is 0 Å². The molecule has 0 spiro atoms. The van der Waals surface area contributed by atoms with Crippen molar-refractivity contribution in [3.05, 3.63) is 0 Å². The summed E-state index contributed by atoms with van der Waals surface area (Å²) < 4.78 is 0. The van der Waals surface area contributed by atoms with E-state index in [0.29, 0.717) is 0 Å². The van der Waals surface area contributed by atoms with Crippen LogP contribution >= 0.6 is 96.5 Å². The minimum absolute atomic E-state index is 0. The average Bonchev–Trinajstić information content (AvgIpc) is 1.50. The Hall–Kier alpha value is 2.98. The van der Waals surface area contributed by atoms with E-state index in [1.807, 2.05) is 0 Å². The highest BCUT2D eigenvalue weighted by molar-refractivity contribution is 9.34. The lowest BCUT2D eigenvalue weighted by Crippen LogP contribution is -0.147. The summed E-state index contributed by atoms with van der Waals surface area (Å²) in [5, 5.41) is 0. The zero-order chi connectivity index (χ0) is 4.00. The highest BCUT2D eigenvalue weighted by Gasteiger charge is 0.935. The van der Waals surface area contributed by atoms with Gasteiger partial charge < -0.3 is 0 Å². The molecule has 0 saturated heterocycles. The van der Waals surface area contributed by atoms with Crippen molar-refractivity contribution in [2.45, 2.75) is 0 Å². The van der Waals surface area contributed by atoms with Gasteiger partial charge in [0, 0.05) is 0 Å². The first-order valence-electron chi connectivity index (χ1n) is 0.436. The molecule has 0 aromatic rings. The number of hydrogen-bond acceptors (Lipinski definition) is 0. The maximum absolute atomic E-state index is 2.85. The fourth-order valence-electron chi connectivity index (χ4n) is 0. The standard InChI is InChI=1S/2BrH2P.4ClH/c2*1-2;;;;/h2*2H2;4*1H. The molecule has 8 heteroatoms. The molecule has 0 aliphatic rings. The fourth-order valence-corrected chi connectivity index (χ4v) is 0. The Bertz CT molecular complexity index is 12.0. The maximum atomic E-state index is 2.85. The highest BCUT2D eigenvalue weighted by atomic mass is 79.9. The summed E-state index contributed by atoms with van der Waals surface area (Å²) in [4.78, 5) is 0. The molecule has 0 aliphatic carbocycles. The van der Waals surface area contributed by atoms with E-state index in [2.05, 4.69) is 46.9 Å². The van der Waals surface area contributed by atoms with Gasteiger partial charge in [0.2, 0.25) is 0 Å². The molecule has 0 radical (unpaired) electrons. The molecule has 0 rings (SSSR count). The zero-order valence-electron chi connectivity index (χ0n) is 3.54. The lowest BCUT2D eigenvalue weighted by Gasteiger charge is -1.07. The summed E-state index contributed by atoms with van der Waals surface area (Å²) in [5.41, 5.74) is 0. The molecule has 0 aromatic carbocycles. The Morgan fingerprint density at radius 3 is 0.500 bits per heavy atom. The van der Waals surface area contributed by atoms with Crippen LogP contribution in [0, 0.1) is 0 Å². The van der Waals surface area contributed by atoms with E-state index in [-0.39, 0.29) is 49.6 Å². The molecular formula is H8Br2Cl4P2. The molecule has 0 nitrogen and oxygen atoms in total. The SMILES string of the molecule is Cl.Cl.Cl.Cl.PBr.PBr. The quantitative estimate of drug-likeness (QED) is 0.564. The van der Waals surface area contributed by atoms with Crippen molar-refractivity contribution in [1.29, 1.82) is 0 Å². The Balaban J connectivity index is -0.00000000167. The van der Waals surface area contributed by atoms with Crippen molar-refractivity contribution < 1.29 is 0 Å². The molecule has 0 fully saturated rings. The van der Waals surface area contributed by atoms with E-state index in [1.165, 1.54) is 0 Å². The molecule has 0 heterocycles. The van der Waals surface area contributed by atoms with Crippen LogP contribution in [0.5, 0.6) is 0 Å². The minimum atomic E-state index is 0. The monoisotopic (exact) mass is 368 g/mol. The van der Waals surface area contributed by atoms with Gasteiger partial charge in [-0.05, 0) is 0 Å². The lowest BCUT2D eigenvalue weighted by molar-refractivity contribution is 5.85. The summed E-state index contributed by atoms with van der Waals surface area (Å²) >= 11 is 5.71. The van der Waals surface area contributed by atoms with Gasteiger partial charge in [0.1, 0.15) is 0 Å². The summed E-state index contributed by atoms with van der Waals surface area (Å²) in [7, 11) is 4.46. The highest BCUT2D eigenvalue weighted by Crippen LogP contribution is 1.86. The molecule has 0 amide bonds. The summed E-state index contributed by atoms with van der Waals surface area (Å²) in [5.74, 6) is 0. The minimum Gasteiger partial charge on any atom is -0.147 e. The molecule has 2 atom stereocenters. The Labute approximate surface area is 95.6 Å². The predicted molar refractivity (Wildman–Crippen MR) is 66.3 cm³/mol. The first kappa shape index (κ1) is 44.1. The summed E-state index contributed by atoms with van der Waals surface area (Å²) in [6.45, 7) is 0. The molecule has 60 valence electrons. The van der Waals surface area contributed by atoms with Crippen LogP contribution < -0.4 is 0 Å². The molecular weight excluding hydrogens is 364 g/mol. The van der Waals surface area contributed by atoms with Crippen LogP contribution in [0.2, 0.25) is 0 Å². The number of halogens is 6.